The molecular formula is C17H21N3O2. The van der Waals surface area contributed by atoms with E-state index in [-0.39, 0.29) is 12.0 Å². The number of ether oxygens (including phenoxy) is 1. The predicted molar refractivity (Wildman–Crippen MR) is 84.7 cm³/mol. The standard InChI is InChI=1S/C17H21N3O2/c1-12-4-6-14(7-5-12)16-10-15(18-19(16)3)17(21)20-8-9-22-13(2)11-20/h4-7,10,13H,8-9,11H2,1-3H3. The van der Waals surface area contributed by atoms with E-state index < -0.39 is 0 Å². The van der Waals surface area contributed by atoms with Gasteiger partial charge >= 0.3 is 0 Å². The fourth-order valence-corrected chi connectivity index (χ4v) is 2.73. The van der Waals surface area contributed by atoms with E-state index in [1.54, 1.807) is 4.68 Å². The molecule has 2 heterocycles. The lowest BCUT2D eigenvalue weighted by Gasteiger charge is -2.30. The maximum atomic E-state index is 12.6. The molecule has 22 heavy (non-hydrogen) atoms. The summed E-state index contributed by atoms with van der Waals surface area (Å²) in [7, 11) is 1.87. The minimum Gasteiger partial charge on any atom is -0.375 e. The van der Waals surface area contributed by atoms with E-state index in [1.807, 2.05) is 24.9 Å². The SMILES string of the molecule is Cc1ccc(-c2cc(C(=O)N3CCOC(C)C3)nn2C)cc1. The molecule has 2 aromatic rings. The lowest BCUT2D eigenvalue weighted by molar-refractivity contribution is -0.0126. The molecule has 1 fully saturated rings. The Morgan fingerprint density at radius 2 is 2.05 bits per heavy atom. The Labute approximate surface area is 130 Å². The third kappa shape index (κ3) is 2.90. The van der Waals surface area contributed by atoms with Crippen molar-refractivity contribution in [2.45, 2.75) is 20.0 Å². The lowest BCUT2D eigenvalue weighted by Crippen LogP contribution is -2.44. The minimum atomic E-state index is -0.0240. The smallest absolute Gasteiger partial charge is 0.274 e. The van der Waals surface area contributed by atoms with Crippen molar-refractivity contribution < 1.29 is 9.53 Å². The number of carbonyl (C=O) groups excluding carboxylic acids is 1. The first kappa shape index (κ1) is 14.8. The van der Waals surface area contributed by atoms with E-state index in [2.05, 4.69) is 36.3 Å². The fraction of sp³-hybridized carbons (Fsp3) is 0.412. The van der Waals surface area contributed by atoms with Gasteiger partial charge in [0, 0.05) is 20.1 Å². The van der Waals surface area contributed by atoms with Crippen molar-refractivity contribution in [3.05, 3.63) is 41.6 Å². The summed E-state index contributed by atoms with van der Waals surface area (Å²) >= 11 is 0. The fourth-order valence-electron chi connectivity index (χ4n) is 2.73. The second-order valence-electron chi connectivity index (χ2n) is 5.84. The van der Waals surface area contributed by atoms with Gasteiger partial charge in [0.2, 0.25) is 0 Å². The normalized spacial score (nSPS) is 18.5. The Morgan fingerprint density at radius 3 is 2.73 bits per heavy atom. The highest BCUT2D eigenvalue weighted by Gasteiger charge is 2.25. The maximum absolute atomic E-state index is 12.6. The van der Waals surface area contributed by atoms with Crippen molar-refractivity contribution in [2.24, 2.45) is 7.05 Å². The van der Waals surface area contributed by atoms with E-state index in [1.165, 1.54) is 5.56 Å². The molecule has 1 aliphatic heterocycles. The number of aryl methyl sites for hydroxylation is 2. The zero-order valence-corrected chi connectivity index (χ0v) is 13.2. The van der Waals surface area contributed by atoms with Crippen molar-refractivity contribution in [3.8, 4) is 11.3 Å². The molecule has 0 saturated carbocycles. The van der Waals surface area contributed by atoms with Gasteiger partial charge in [-0.05, 0) is 25.5 Å². The van der Waals surface area contributed by atoms with Gasteiger partial charge in [0.05, 0.1) is 18.4 Å². The summed E-state index contributed by atoms with van der Waals surface area (Å²) in [6.45, 7) is 5.87. The predicted octanol–water partition coefficient (Wildman–Crippen LogP) is 2.26. The summed E-state index contributed by atoms with van der Waals surface area (Å²) in [5.74, 6) is -0.0240. The first-order valence-electron chi connectivity index (χ1n) is 7.56. The van der Waals surface area contributed by atoms with Gasteiger partial charge in [0.25, 0.3) is 5.91 Å². The van der Waals surface area contributed by atoms with E-state index >= 15 is 0 Å². The van der Waals surface area contributed by atoms with E-state index in [0.717, 1.165) is 11.3 Å². The van der Waals surface area contributed by atoms with Crippen LogP contribution in [0.15, 0.2) is 30.3 Å². The van der Waals surface area contributed by atoms with Crippen LogP contribution in [0.3, 0.4) is 0 Å². The number of carbonyl (C=O) groups is 1. The van der Waals surface area contributed by atoms with Crippen LogP contribution in [0.1, 0.15) is 23.0 Å². The zero-order chi connectivity index (χ0) is 15.7. The van der Waals surface area contributed by atoms with Crippen LogP contribution in [-0.4, -0.2) is 46.4 Å². The van der Waals surface area contributed by atoms with Crippen LogP contribution < -0.4 is 0 Å². The maximum Gasteiger partial charge on any atom is 0.274 e. The van der Waals surface area contributed by atoms with Gasteiger partial charge < -0.3 is 9.64 Å². The molecule has 1 aromatic heterocycles. The van der Waals surface area contributed by atoms with Crippen LogP contribution >= 0.6 is 0 Å². The third-order valence-corrected chi connectivity index (χ3v) is 3.97. The van der Waals surface area contributed by atoms with Gasteiger partial charge in [-0.2, -0.15) is 5.10 Å². The molecule has 0 bridgehead atoms. The molecule has 3 rings (SSSR count). The summed E-state index contributed by atoms with van der Waals surface area (Å²) in [4.78, 5) is 14.4. The number of aromatic nitrogens is 2. The summed E-state index contributed by atoms with van der Waals surface area (Å²) in [5.41, 5.74) is 3.72. The topological polar surface area (TPSA) is 47.4 Å². The number of rotatable bonds is 2. The molecule has 0 spiro atoms. The molecule has 116 valence electrons. The highest BCUT2D eigenvalue weighted by molar-refractivity contribution is 5.93. The summed E-state index contributed by atoms with van der Waals surface area (Å²) in [5, 5.41) is 4.39. The Morgan fingerprint density at radius 1 is 1.32 bits per heavy atom. The van der Waals surface area contributed by atoms with Gasteiger partial charge in [0.15, 0.2) is 5.69 Å². The molecule has 1 unspecified atom stereocenters. The second kappa shape index (κ2) is 5.93. The lowest BCUT2D eigenvalue weighted by atomic mass is 10.1. The number of morpholine rings is 1. The van der Waals surface area contributed by atoms with Crippen molar-refractivity contribution in [1.82, 2.24) is 14.7 Å². The minimum absolute atomic E-state index is 0.0240. The first-order valence-corrected chi connectivity index (χ1v) is 7.56. The quantitative estimate of drug-likeness (QED) is 0.854. The first-order chi connectivity index (χ1) is 10.5. The third-order valence-electron chi connectivity index (χ3n) is 3.97. The zero-order valence-electron chi connectivity index (χ0n) is 13.2. The van der Waals surface area contributed by atoms with Gasteiger partial charge in [-0.1, -0.05) is 29.8 Å². The number of amides is 1. The Hall–Kier alpha value is -2.14. The van der Waals surface area contributed by atoms with Crippen LogP contribution in [-0.2, 0) is 11.8 Å². The van der Waals surface area contributed by atoms with Gasteiger partial charge in [-0.15, -0.1) is 0 Å². The number of hydrogen-bond acceptors (Lipinski definition) is 3. The van der Waals surface area contributed by atoms with Gasteiger partial charge in [-0.25, -0.2) is 0 Å². The highest BCUT2D eigenvalue weighted by Crippen LogP contribution is 2.21. The molecule has 1 aromatic carbocycles. The van der Waals surface area contributed by atoms with Crippen LogP contribution in [0.4, 0.5) is 0 Å². The molecular weight excluding hydrogens is 278 g/mol. The molecule has 0 radical (unpaired) electrons. The van der Waals surface area contributed by atoms with Crippen LogP contribution in [0.5, 0.6) is 0 Å². The Balaban J connectivity index is 1.85. The van der Waals surface area contributed by atoms with Crippen LogP contribution in [0, 0.1) is 6.92 Å². The van der Waals surface area contributed by atoms with E-state index in [0.29, 0.717) is 25.4 Å². The van der Waals surface area contributed by atoms with Crippen molar-refractivity contribution in [2.75, 3.05) is 19.7 Å². The number of hydrogen-bond donors (Lipinski definition) is 0. The largest absolute Gasteiger partial charge is 0.375 e. The molecule has 1 aliphatic rings. The van der Waals surface area contributed by atoms with Crippen LogP contribution in [0.25, 0.3) is 11.3 Å². The van der Waals surface area contributed by atoms with Gasteiger partial charge in [-0.3, -0.25) is 9.48 Å². The molecule has 5 nitrogen and oxygen atoms in total. The molecule has 1 amide bonds. The average Bonchev–Trinajstić information content (AvgIpc) is 2.89. The number of benzene rings is 1. The van der Waals surface area contributed by atoms with E-state index in [4.69, 9.17) is 4.74 Å². The highest BCUT2D eigenvalue weighted by atomic mass is 16.5. The summed E-state index contributed by atoms with van der Waals surface area (Å²) < 4.78 is 7.25. The van der Waals surface area contributed by atoms with Crippen molar-refractivity contribution in [1.29, 1.82) is 0 Å². The molecule has 5 heteroatoms. The molecule has 0 aliphatic carbocycles. The second-order valence-corrected chi connectivity index (χ2v) is 5.84. The average molecular weight is 299 g/mol. The van der Waals surface area contributed by atoms with E-state index in [9.17, 15) is 4.79 Å². The monoisotopic (exact) mass is 299 g/mol. The molecule has 1 saturated heterocycles. The van der Waals surface area contributed by atoms with Crippen molar-refractivity contribution >= 4 is 5.91 Å². The van der Waals surface area contributed by atoms with Gasteiger partial charge in [0.1, 0.15) is 0 Å². The van der Waals surface area contributed by atoms with Crippen molar-refractivity contribution in [3.63, 3.8) is 0 Å². The Bertz CT molecular complexity index is 676. The molecule has 0 N–H and O–H groups in total. The van der Waals surface area contributed by atoms with Crippen LogP contribution in [0.2, 0.25) is 0 Å². The molecule has 1 atom stereocenters. The summed E-state index contributed by atoms with van der Waals surface area (Å²) in [6, 6.07) is 10.1. The summed E-state index contributed by atoms with van der Waals surface area (Å²) in [6.07, 6.45) is 0.0815. The number of nitrogens with zero attached hydrogens (tertiary/aromatic N) is 3. The Kier molecular flexibility index (Phi) is 3.98.